The van der Waals surface area contributed by atoms with Gasteiger partial charge in [0.05, 0.1) is 0 Å². The highest BCUT2D eigenvalue weighted by atomic mass is 35.5. The number of hydrogen-bond acceptors (Lipinski definition) is 5. The van der Waals surface area contributed by atoms with Crippen LogP contribution in [0.3, 0.4) is 0 Å². The van der Waals surface area contributed by atoms with Crippen molar-refractivity contribution in [1.82, 2.24) is 0 Å². The second kappa shape index (κ2) is 5.70. The zero-order valence-electron chi connectivity index (χ0n) is 11.7. The van der Waals surface area contributed by atoms with Gasteiger partial charge >= 0.3 is 10.1 Å². The third-order valence-electron chi connectivity index (χ3n) is 3.14. The second-order valence-corrected chi connectivity index (χ2v) is 6.71. The van der Waals surface area contributed by atoms with E-state index in [0.717, 1.165) is 5.56 Å². The maximum atomic E-state index is 12.3. The number of rotatable bonds is 3. The molecule has 0 saturated heterocycles. The Kier molecular flexibility index (Phi) is 3.88. The molecule has 0 radical (unpaired) electrons. The molecule has 22 heavy (non-hydrogen) atoms. The maximum Gasteiger partial charge on any atom is 0.339 e. The summed E-state index contributed by atoms with van der Waals surface area (Å²) >= 11 is 5.91. The van der Waals surface area contributed by atoms with E-state index in [0.29, 0.717) is 29.7 Å². The molecule has 3 rings (SSSR count). The Hall–Kier alpha value is -1.92. The first-order valence-corrected chi connectivity index (χ1v) is 8.35. The number of ether oxygens (including phenoxy) is 2. The van der Waals surface area contributed by atoms with Crippen LogP contribution in [0.15, 0.2) is 41.3 Å². The molecule has 0 bridgehead atoms. The van der Waals surface area contributed by atoms with Gasteiger partial charge in [-0.3, -0.25) is 0 Å². The van der Waals surface area contributed by atoms with E-state index in [1.54, 1.807) is 25.1 Å². The average molecular weight is 341 g/mol. The van der Waals surface area contributed by atoms with E-state index in [2.05, 4.69) is 0 Å². The first kappa shape index (κ1) is 15.0. The Balaban J connectivity index is 1.90. The third kappa shape index (κ3) is 2.98. The normalized spacial score (nSPS) is 13.7. The molecule has 0 aliphatic carbocycles. The number of hydrogen-bond donors (Lipinski definition) is 0. The number of halogens is 1. The highest BCUT2D eigenvalue weighted by Crippen LogP contribution is 2.33. The molecule has 7 heteroatoms. The lowest BCUT2D eigenvalue weighted by atomic mass is 10.2. The lowest BCUT2D eigenvalue weighted by Gasteiger charge is -2.18. The molecule has 5 nitrogen and oxygen atoms in total. The summed E-state index contributed by atoms with van der Waals surface area (Å²) < 4.78 is 40.5. The Labute approximate surface area is 133 Å². The van der Waals surface area contributed by atoms with Gasteiger partial charge in [0, 0.05) is 11.1 Å². The predicted molar refractivity (Wildman–Crippen MR) is 81.4 cm³/mol. The van der Waals surface area contributed by atoms with Crippen LogP contribution in [-0.2, 0) is 10.1 Å². The Morgan fingerprint density at radius 2 is 1.77 bits per heavy atom. The Morgan fingerprint density at radius 3 is 2.50 bits per heavy atom. The Bertz CT molecular complexity index is 817. The SMILES string of the molecule is Cc1cc(OS(=O)(=O)c2ccc3c(c2)OCCO3)ccc1Cl. The van der Waals surface area contributed by atoms with E-state index < -0.39 is 10.1 Å². The van der Waals surface area contributed by atoms with E-state index in [4.69, 9.17) is 25.3 Å². The minimum atomic E-state index is -3.96. The van der Waals surface area contributed by atoms with Gasteiger partial charge in [-0.1, -0.05) is 11.6 Å². The van der Waals surface area contributed by atoms with Crippen LogP contribution in [0.5, 0.6) is 17.2 Å². The Morgan fingerprint density at radius 1 is 1.05 bits per heavy atom. The van der Waals surface area contributed by atoms with Crippen LogP contribution < -0.4 is 13.7 Å². The lowest BCUT2D eigenvalue weighted by Crippen LogP contribution is -2.16. The summed E-state index contributed by atoms with van der Waals surface area (Å²) in [5.74, 6) is 1.12. The van der Waals surface area contributed by atoms with Gasteiger partial charge in [0.1, 0.15) is 23.9 Å². The molecule has 1 aliphatic heterocycles. The zero-order valence-corrected chi connectivity index (χ0v) is 13.3. The molecule has 116 valence electrons. The topological polar surface area (TPSA) is 61.8 Å². The molecule has 0 N–H and O–H groups in total. The summed E-state index contributed by atoms with van der Waals surface area (Å²) in [6, 6.07) is 9.03. The van der Waals surface area contributed by atoms with Crippen LogP contribution in [0.25, 0.3) is 0 Å². The van der Waals surface area contributed by atoms with Crippen molar-refractivity contribution >= 4 is 21.7 Å². The first-order chi connectivity index (χ1) is 10.5. The van der Waals surface area contributed by atoms with Crippen molar-refractivity contribution in [1.29, 1.82) is 0 Å². The van der Waals surface area contributed by atoms with E-state index in [1.807, 2.05) is 0 Å². The van der Waals surface area contributed by atoms with Crippen molar-refractivity contribution in [3.05, 3.63) is 47.0 Å². The quantitative estimate of drug-likeness (QED) is 0.803. The van der Waals surface area contributed by atoms with Crippen molar-refractivity contribution in [2.24, 2.45) is 0 Å². The predicted octanol–water partition coefficient (Wildman–Crippen LogP) is 3.19. The molecule has 0 amide bonds. The zero-order chi connectivity index (χ0) is 15.7. The summed E-state index contributed by atoms with van der Waals surface area (Å²) in [5, 5.41) is 0.545. The fourth-order valence-corrected chi connectivity index (χ4v) is 3.08. The first-order valence-electron chi connectivity index (χ1n) is 6.56. The second-order valence-electron chi connectivity index (χ2n) is 4.75. The molecule has 2 aromatic carbocycles. The maximum absolute atomic E-state index is 12.3. The monoisotopic (exact) mass is 340 g/mol. The van der Waals surface area contributed by atoms with E-state index >= 15 is 0 Å². The van der Waals surface area contributed by atoms with Crippen molar-refractivity contribution in [2.75, 3.05) is 13.2 Å². The highest BCUT2D eigenvalue weighted by molar-refractivity contribution is 7.87. The molecule has 2 aromatic rings. The van der Waals surface area contributed by atoms with Gasteiger partial charge in [0.2, 0.25) is 0 Å². The van der Waals surface area contributed by atoms with Gasteiger partial charge in [-0.2, -0.15) is 8.42 Å². The van der Waals surface area contributed by atoms with Gasteiger partial charge < -0.3 is 13.7 Å². The molecule has 0 aromatic heterocycles. The summed E-state index contributed by atoms with van der Waals surface area (Å²) in [6.07, 6.45) is 0. The molecule has 0 unspecified atom stereocenters. The summed E-state index contributed by atoms with van der Waals surface area (Å²) in [7, 11) is -3.96. The fourth-order valence-electron chi connectivity index (χ4n) is 2.02. The van der Waals surface area contributed by atoms with E-state index in [-0.39, 0.29) is 10.6 Å². The van der Waals surface area contributed by atoms with Crippen molar-refractivity contribution in [2.45, 2.75) is 11.8 Å². The largest absolute Gasteiger partial charge is 0.486 e. The smallest absolute Gasteiger partial charge is 0.339 e. The summed E-state index contributed by atoms with van der Waals surface area (Å²) in [6.45, 7) is 2.60. The molecule has 0 fully saturated rings. The lowest BCUT2D eigenvalue weighted by molar-refractivity contribution is 0.171. The summed E-state index contributed by atoms with van der Waals surface area (Å²) in [5.41, 5.74) is 0.733. The summed E-state index contributed by atoms with van der Waals surface area (Å²) in [4.78, 5) is 0.00403. The fraction of sp³-hybridized carbons (Fsp3) is 0.200. The van der Waals surface area contributed by atoms with Gasteiger partial charge in [-0.15, -0.1) is 0 Å². The van der Waals surface area contributed by atoms with Gasteiger partial charge in [-0.05, 0) is 42.8 Å². The van der Waals surface area contributed by atoms with Crippen LogP contribution >= 0.6 is 11.6 Å². The molecular formula is C15H13ClO5S. The molecule has 1 heterocycles. The molecule has 0 spiro atoms. The highest BCUT2D eigenvalue weighted by Gasteiger charge is 2.21. The molecule has 0 saturated carbocycles. The molecule has 0 atom stereocenters. The number of fused-ring (bicyclic) bond motifs is 1. The van der Waals surface area contributed by atoms with E-state index in [9.17, 15) is 8.42 Å². The van der Waals surface area contributed by atoms with Crippen molar-refractivity contribution < 1.29 is 22.1 Å². The van der Waals surface area contributed by atoms with Crippen LogP contribution in [0.1, 0.15) is 5.56 Å². The third-order valence-corrected chi connectivity index (χ3v) is 4.80. The molecular weight excluding hydrogens is 328 g/mol. The average Bonchev–Trinajstić information content (AvgIpc) is 2.50. The van der Waals surface area contributed by atoms with Crippen LogP contribution in [-0.4, -0.2) is 21.6 Å². The van der Waals surface area contributed by atoms with Crippen molar-refractivity contribution in [3.63, 3.8) is 0 Å². The van der Waals surface area contributed by atoms with Crippen molar-refractivity contribution in [3.8, 4) is 17.2 Å². The number of benzene rings is 2. The van der Waals surface area contributed by atoms with Crippen LogP contribution in [0.2, 0.25) is 5.02 Å². The standard InChI is InChI=1S/C15H13ClO5S/c1-10-8-11(2-4-13(10)16)21-22(17,18)12-3-5-14-15(9-12)20-7-6-19-14/h2-5,8-9H,6-7H2,1H3. The molecule has 1 aliphatic rings. The van der Waals surface area contributed by atoms with Gasteiger partial charge in [-0.25, -0.2) is 0 Å². The minimum absolute atomic E-state index is 0.00403. The minimum Gasteiger partial charge on any atom is -0.486 e. The van der Waals surface area contributed by atoms with Gasteiger partial charge in [0.15, 0.2) is 11.5 Å². The number of aryl methyl sites for hydroxylation is 1. The van der Waals surface area contributed by atoms with Crippen LogP contribution in [0, 0.1) is 6.92 Å². The van der Waals surface area contributed by atoms with E-state index in [1.165, 1.54) is 18.2 Å². The van der Waals surface area contributed by atoms with Gasteiger partial charge in [0.25, 0.3) is 0 Å². The van der Waals surface area contributed by atoms with Crippen LogP contribution in [0.4, 0.5) is 0 Å².